The molecule has 2 heterocycles. The smallest absolute Gasteiger partial charge is 0.336 e. The first kappa shape index (κ1) is 15.2. The molecule has 2 aromatic rings. The summed E-state index contributed by atoms with van der Waals surface area (Å²) in [5.74, 6) is -0.552. The number of thiazole rings is 1. The van der Waals surface area contributed by atoms with Crippen LogP contribution < -0.4 is 0 Å². The number of aromatic nitrogens is 1. The molecule has 0 aliphatic rings. The average Bonchev–Trinajstić information content (AvgIpc) is 3.03. The Morgan fingerprint density at radius 2 is 2.15 bits per heavy atom. The predicted octanol–water partition coefficient (Wildman–Crippen LogP) is 4.30. The molecule has 2 aromatic heterocycles. The molecule has 2 rings (SSSR count). The largest absolute Gasteiger partial charge is 0.478 e. The minimum Gasteiger partial charge on any atom is -0.478 e. The molecule has 1 N–H and O–H groups in total. The van der Waals surface area contributed by atoms with Crippen molar-refractivity contribution in [2.75, 3.05) is 6.61 Å². The van der Waals surface area contributed by atoms with Gasteiger partial charge in [-0.25, -0.2) is 9.78 Å². The summed E-state index contributed by atoms with van der Waals surface area (Å²) >= 11 is 2.96. The molecular formula is C14H17NO3S2. The Labute approximate surface area is 126 Å². The van der Waals surface area contributed by atoms with E-state index in [1.807, 2.05) is 12.3 Å². The third-order valence-electron chi connectivity index (χ3n) is 2.82. The molecule has 4 nitrogen and oxygen atoms in total. The zero-order valence-corrected chi connectivity index (χ0v) is 13.3. The summed E-state index contributed by atoms with van der Waals surface area (Å²) < 4.78 is 5.74. The van der Waals surface area contributed by atoms with Crippen LogP contribution in [0.5, 0.6) is 0 Å². The number of nitrogens with zero attached hydrogens (tertiary/aromatic N) is 1. The van der Waals surface area contributed by atoms with Gasteiger partial charge in [-0.1, -0.05) is 13.8 Å². The zero-order valence-electron chi connectivity index (χ0n) is 11.6. The van der Waals surface area contributed by atoms with Gasteiger partial charge in [0.1, 0.15) is 11.1 Å². The number of carboxylic acids is 1. The topological polar surface area (TPSA) is 59.4 Å². The van der Waals surface area contributed by atoms with E-state index in [-0.39, 0.29) is 6.10 Å². The van der Waals surface area contributed by atoms with Crippen LogP contribution in [0.1, 0.15) is 42.2 Å². The number of carbonyl (C=O) groups is 1. The zero-order chi connectivity index (χ0) is 14.7. The molecule has 108 valence electrons. The van der Waals surface area contributed by atoms with Crippen LogP contribution >= 0.6 is 22.7 Å². The Bertz CT molecular complexity index is 589. The second kappa shape index (κ2) is 6.47. The van der Waals surface area contributed by atoms with Crippen LogP contribution in [0.2, 0.25) is 0 Å². The molecule has 0 spiro atoms. The van der Waals surface area contributed by atoms with E-state index in [0.29, 0.717) is 18.1 Å². The molecule has 0 saturated heterocycles. The lowest BCUT2D eigenvalue weighted by molar-refractivity contribution is 0.0293. The van der Waals surface area contributed by atoms with Crippen molar-refractivity contribution >= 4 is 28.6 Å². The van der Waals surface area contributed by atoms with Crippen molar-refractivity contribution in [3.05, 3.63) is 27.4 Å². The van der Waals surface area contributed by atoms with Gasteiger partial charge in [-0.2, -0.15) is 0 Å². The van der Waals surface area contributed by atoms with Gasteiger partial charge in [0.05, 0.1) is 16.1 Å². The van der Waals surface area contributed by atoms with Crippen molar-refractivity contribution in [3.63, 3.8) is 0 Å². The van der Waals surface area contributed by atoms with Crippen LogP contribution in [0.15, 0.2) is 16.8 Å². The normalized spacial score (nSPS) is 12.8. The first-order chi connectivity index (χ1) is 9.52. The van der Waals surface area contributed by atoms with Crippen molar-refractivity contribution in [1.29, 1.82) is 0 Å². The summed E-state index contributed by atoms with van der Waals surface area (Å²) in [4.78, 5) is 16.4. The quantitative estimate of drug-likeness (QED) is 0.864. The van der Waals surface area contributed by atoms with E-state index in [1.54, 1.807) is 22.8 Å². The summed E-state index contributed by atoms with van der Waals surface area (Å²) in [6.07, 6.45) is -0.00217. The summed E-state index contributed by atoms with van der Waals surface area (Å²) in [5.41, 5.74) is 1.14. The fourth-order valence-electron chi connectivity index (χ4n) is 1.84. The first-order valence-electron chi connectivity index (χ1n) is 6.42. The molecule has 0 radical (unpaired) electrons. The molecule has 0 aliphatic heterocycles. The summed E-state index contributed by atoms with van der Waals surface area (Å²) in [6.45, 7) is 6.84. The molecule has 1 unspecified atom stereocenters. The predicted molar refractivity (Wildman–Crippen MR) is 81.6 cm³/mol. The molecular weight excluding hydrogens is 294 g/mol. The fourth-order valence-corrected chi connectivity index (χ4v) is 3.80. The fraction of sp³-hybridized carbons (Fsp3) is 0.429. The molecule has 6 heteroatoms. The number of rotatable bonds is 6. The maximum absolute atomic E-state index is 10.9. The summed E-state index contributed by atoms with van der Waals surface area (Å²) in [7, 11) is 0. The van der Waals surface area contributed by atoms with Crippen LogP contribution in [0.3, 0.4) is 0 Å². The van der Waals surface area contributed by atoms with Crippen molar-refractivity contribution in [3.8, 4) is 10.6 Å². The number of hydrogen-bond acceptors (Lipinski definition) is 5. The Morgan fingerprint density at radius 3 is 2.70 bits per heavy atom. The lowest BCUT2D eigenvalue weighted by Crippen LogP contribution is -2.10. The van der Waals surface area contributed by atoms with Gasteiger partial charge in [0.25, 0.3) is 0 Å². The van der Waals surface area contributed by atoms with Crippen LogP contribution in [0, 0.1) is 5.92 Å². The highest BCUT2D eigenvalue weighted by molar-refractivity contribution is 7.14. The van der Waals surface area contributed by atoms with Gasteiger partial charge in [-0.15, -0.1) is 22.7 Å². The van der Waals surface area contributed by atoms with E-state index < -0.39 is 5.97 Å². The lowest BCUT2D eigenvalue weighted by atomic mass is 10.1. The van der Waals surface area contributed by atoms with Crippen molar-refractivity contribution < 1.29 is 14.6 Å². The highest BCUT2D eigenvalue weighted by atomic mass is 32.1. The Kier molecular flexibility index (Phi) is 4.91. The number of ether oxygens (including phenoxy) is 1. The number of hydrogen-bond donors (Lipinski definition) is 1. The van der Waals surface area contributed by atoms with E-state index in [4.69, 9.17) is 9.84 Å². The maximum Gasteiger partial charge on any atom is 0.336 e. The molecule has 0 amide bonds. The van der Waals surface area contributed by atoms with Gasteiger partial charge in [-0.05, 0) is 18.9 Å². The van der Waals surface area contributed by atoms with Crippen molar-refractivity contribution in [2.45, 2.75) is 26.9 Å². The van der Waals surface area contributed by atoms with E-state index >= 15 is 0 Å². The minimum atomic E-state index is -0.905. The second-order valence-electron chi connectivity index (χ2n) is 4.70. The molecule has 0 saturated carbocycles. The van der Waals surface area contributed by atoms with E-state index in [9.17, 15) is 4.79 Å². The van der Waals surface area contributed by atoms with Crippen LogP contribution in [0.4, 0.5) is 0 Å². The highest BCUT2D eigenvalue weighted by Gasteiger charge is 2.20. The van der Waals surface area contributed by atoms with Gasteiger partial charge in [0.2, 0.25) is 0 Å². The Hall–Kier alpha value is -1.24. The first-order valence-corrected chi connectivity index (χ1v) is 8.18. The number of aromatic carboxylic acids is 1. The standard InChI is InChI=1S/C14H17NO3S2/c1-4-18-12(8(2)3)13-15-10(7-20-13)11-5-9(6-19-11)14(16)17/h5-8,12H,4H2,1-3H3,(H,16,17). The van der Waals surface area contributed by atoms with Crippen molar-refractivity contribution in [1.82, 2.24) is 4.98 Å². The number of carboxylic acid groups (broad SMARTS) is 1. The van der Waals surface area contributed by atoms with Gasteiger partial charge in [0.15, 0.2) is 0 Å². The van der Waals surface area contributed by atoms with Crippen LogP contribution in [-0.4, -0.2) is 22.7 Å². The summed E-state index contributed by atoms with van der Waals surface area (Å²) in [6, 6.07) is 1.66. The SMILES string of the molecule is CCOC(c1nc(-c2cc(C(=O)O)cs2)cs1)C(C)C. The van der Waals surface area contributed by atoms with Crippen LogP contribution in [0.25, 0.3) is 10.6 Å². The van der Waals surface area contributed by atoms with Gasteiger partial charge in [0, 0.05) is 17.4 Å². The average molecular weight is 311 g/mol. The van der Waals surface area contributed by atoms with E-state index in [2.05, 4.69) is 18.8 Å². The van der Waals surface area contributed by atoms with Gasteiger partial charge >= 0.3 is 5.97 Å². The monoisotopic (exact) mass is 311 g/mol. The third kappa shape index (κ3) is 3.26. The van der Waals surface area contributed by atoms with Crippen LogP contribution in [-0.2, 0) is 4.74 Å². The van der Waals surface area contributed by atoms with Crippen molar-refractivity contribution in [2.24, 2.45) is 5.92 Å². The third-order valence-corrected chi connectivity index (χ3v) is 4.67. The molecule has 0 bridgehead atoms. The molecule has 0 fully saturated rings. The van der Waals surface area contributed by atoms with E-state index in [0.717, 1.165) is 15.6 Å². The highest BCUT2D eigenvalue weighted by Crippen LogP contribution is 2.33. The van der Waals surface area contributed by atoms with Gasteiger partial charge in [-0.3, -0.25) is 0 Å². The Morgan fingerprint density at radius 1 is 1.40 bits per heavy atom. The molecule has 20 heavy (non-hydrogen) atoms. The molecule has 0 aliphatic carbocycles. The second-order valence-corrected chi connectivity index (χ2v) is 6.50. The number of thiophene rings is 1. The molecule has 0 aromatic carbocycles. The van der Waals surface area contributed by atoms with E-state index in [1.165, 1.54) is 11.3 Å². The summed E-state index contributed by atoms with van der Waals surface area (Å²) in [5, 5.41) is 13.5. The lowest BCUT2D eigenvalue weighted by Gasteiger charge is -2.17. The van der Waals surface area contributed by atoms with Gasteiger partial charge < -0.3 is 9.84 Å². The molecule has 1 atom stereocenters. The maximum atomic E-state index is 10.9. The Balaban J connectivity index is 2.24. The minimum absolute atomic E-state index is 0.00217.